The molecule has 0 radical (unpaired) electrons. The standard InChI is InChI=1S/C20H25BrN4.HI/c1-22-20(23-13-16-6-3-2-4-7-16)24-14-17-10-11-25(15-17)19-9-5-8-18(21)12-19;/h2-9,12,17H,10-11,13-15H2,1H3,(H2,22,23,24);1H. The van der Waals surface area contributed by atoms with Crippen LogP contribution >= 0.6 is 39.9 Å². The number of hydrogen-bond acceptors (Lipinski definition) is 2. The summed E-state index contributed by atoms with van der Waals surface area (Å²) >= 11 is 3.56. The fourth-order valence-corrected chi connectivity index (χ4v) is 3.54. The molecule has 6 heteroatoms. The van der Waals surface area contributed by atoms with Crippen molar-refractivity contribution in [1.29, 1.82) is 0 Å². The second-order valence-corrected chi connectivity index (χ2v) is 7.29. The summed E-state index contributed by atoms with van der Waals surface area (Å²) < 4.78 is 1.14. The van der Waals surface area contributed by atoms with E-state index in [1.165, 1.54) is 17.7 Å². The number of halogens is 2. The molecule has 0 aliphatic carbocycles. The van der Waals surface area contributed by atoms with Crippen LogP contribution < -0.4 is 15.5 Å². The molecule has 2 aromatic carbocycles. The van der Waals surface area contributed by atoms with Gasteiger partial charge in [0.05, 0.1) is 0 Å². The van der Waals surface area contributed by atoms with Crippen molar-refractivity contribution in [3.8, 4) is 0 Å². The molecule has 1 heterocycles. The lowest BCUT2D eigenvalue weighted by molar-refractivity contribution is 0.565. The van der Waals surface area contributed by atoms with Crippen LogP contribution in [0.1, 0.15) is 12.0 Å². The minimum atomic E-state index is 0. The maximum atomic E-state index is 4.33. The molecule has 0 bridgehead atoms. The fourth-order valence-electron chi connectivity index (χ4n) is 3.15. The average Bonchev–Trinajstić information content (AvgIpc) is 3.12. The van der Waals surface area contributed by atoms with Gasteiger partial charge in [0.25, 0.3) is 0 Å². The van der Waals surface area contributed by atoms with Crippen molar-refractivity contribution in [3.05, 3.63) is 64.6 Å². The van der Waals surface area contributed by atoms with E-state index in [2.05, 4.69) is 85.0 Å². The second-order valence-electron chi connectivity index (χ2n) is 6.37. The van der Waals surface area contributed by atoms with Gasteiger partial charge in [0.1, 0.15) is 0 Å². The Morgan fingerprint density at radius 3 is 2.69 bits per heavy atom. The van der Waals surface area contributed by atoms with Gasteiger partial charge in [-0.05, 0) is 36.1 Å². The number of guanidine groups is 1. The molecule has 1 atom stereocenters. The molecule has 0 spiro atoms. The molecule has 1 aliphatic heterocycles. The maximum Gasteiger partial charge on any atom is 0.191 e. The molecular formula is C20H26BrIN4. The molecule has 0 amide bonds. The molecule has 3 rings (SSSR count). The van der Waals surface area contributed by atoms with Gasteiger partial charge in [-0.25, -0.2) is 0 Å². The normalized spacial score (nSPS) is 16.9. The van der Waals surface area contributed by atoms with Crippen LogP contribution in [0.3, 0.4) is 0 Å². The van der Waals surface area contributed by atoms with Crippen molar-refractivity contribution in [3.63, 3.8) is 0 Å². The molecule has 2 aromatic rings. The first-order valence-electron chi connectivity index (χ1n) is 8.73. The topological polar surface area (TPSA) is 39.7 Å². The highest BCUT2D eigenvalue weighted by Gasteiger charge is 2.22. The largest absolute Gasteiger partial charge is 0.371 e. The van der Waals surface area contributed by atoms with Crippen LogP contribution in [0.15, 0.2) is 64.1 Å². The van der Waals surface area contributed by atoms with Crippen molar-refractivity contribution < 1.29 is 0 Å². The molecule has 1 saturated heterocycles. The Bertz CT molecular complexity index is 708. The first kappa shape index (κ1) is 21.0. The van der Waals surface area contributed by atoms with Gasteiger partial charge in [0.2, 0.25) is 0 Å². The zero-order chi connectivity index (χ0) is 17.5. The van der Waals surface area contributed by atoms with Crippen molar-refractivity contribution in [2.45, 2.75) is 13.0 Å². The Kier molecular flexibility index (Phi) is 8.71. The smallest absolute Gasteiger partial charge is 0.191 e. The first-order chi connectivity index (χ1) is 12.2. The summed E-state index contributed by atoms with van der Waals surface area (Å²) in [6.45, 7) is 3.92. The summed E-state index contributed by atoms with van der Waals surface area (Å²) in [6, 6.07) is 18.9. The quantitative estimate of drug-likeness (QED) is 0.346. The van der Waals surface area contributed by atoms with Crippen molar-refractivity contribution in [1.82, 2.24) is 10.6 Å². The molecule has 2 N–H and O–H groups in total. The average molecular weight is 529 g/mol. The minimum absolute atomic E-state index is 0. The van der Waals surface area contributed by atoms with Crippen LogP contribution in [0.4, 0.5) is 5.69 Å². The maximum absolute atomic E-state index is 4.33. The number of benzene rings is 2. The van der Waals surface area contributed by atoms with Gasteiger partial charge in [-0.1, -0.05) is 52.3 Å². The minimum Gasteiger partial charge on any atom is -0.371 e. The third kappa shape index (κ3) is 6.16. The van der Waals surface area contributed by atoms with E-state index in [9.17, 15) is 0 Å². The summed E-state index contributed by atoms with van der Waals surface area (Å²) in [5.74, 6) is 1.50. The van der Waals surface area contributed by atoms with E-state index in [-0.39, 0.29) is 24.0 Å². The molecule has 1 unspecified atom stereocenters. The van der Waals surface area contributed by atoms with E-state index < -0.39 is 0 Å². The first-order valence-corrected chi connectivity index (χ1v) is 9.53. The van der Waals surface area contributed by atoms with Crippen LogP contribution in [0.2, 0.25) is 0 Å². The van der Waals surface area contributed by atoms with Gasteiger partial charge < -0.3 is 15.5 Å². The van der Waals surface area contributed by atoms with E-state index in [1.807, 2.05) is 13.1 Å². The monoisotopic (exact) mass is 528 g/mol. The van der Waals surface area contributed by atoms with Gasteiger partial charge in [-0.3, -0.25) is 4.99 Å². The molecule has 4 nitrogen and oxygen atoms in total. The zero-order valence-electron chi connectivity index (χ0n) is 15.0. The molecule has 0 aromatic heterocycles. The molecule has 0 saturated carbocycles. The fraction of sp³-hybridized carbons (Fsp3) is 0.350. The van der Waals surface area contributed by atoms with E-state index in [0.717, 1.165) is 36.6 Å². The predicted molar refractivity (Wildman–Crippen MR) is 125 cm³/mol. The number of hydrogen-bond donors (Lipinski definition) is 2. The predicted octanol–water partition coefficient (Wildman–Crippen LogP) is 4.26. The summed E-state index contributed by atoms with van der Waals surface area (Å²) in [4.78, 5) is 6.78. The Morgan fingerprint density at radius 1 is 1.15 bits per heavy atom. The van der Waals surface area contributed by atoms with Crippen LogP contribution in [-0.2, 0) is 6.54 Å². The van der Waals surface area contributed by atoms with Crippen LogP contribution in [-0.4, -0.2) is 32.6 Å². The summed E-state index contributed by atoms with van der Waals surface area (Å²) in [7, 11) is 1.82. The van der Waals surface area contributed by atoms with E-state index >= 15 is 0 Å². The highest BCUT2D eigenvalue weighted by Crippen LogP contribution is 2.25. The number of aliphatic imine (C=N–C) groups is 1. The highest BCUT2D eigenvalue weighted by atomic mass is 127. The lowest BCUT2D eigenvalue weighted by Crippen LogP contribution is -2.39. The van der Waals surface area contributed by atoms with Crippen molar-refractivity contribution in [2.75, 3.05) is 31.6 Å². The molecule has 26 heavy (non-hydrogen) atoms. The SMILES string of the molecule is CN=C(NCc1ccccc1)NCC1CCN(c2cccc(Br)c2)C1.I. The van der Waals surface area contributed by atoms with Gasteiger partial charge in [0.15, 0.2) is 5.96 Å². The Morgan fingerprint density at radius 2 is 1.96 bits per heavy atom. The molecule has 140 valence electrons. The number of rotatable bonds is 5. The summed E-state index contributed by atoms with van der Waals surface area (Å²) in [5.41, 5.74) is 2.55. The third-order valence-corrected chi connectivity index (χ3v) is 5.04. The lowest BCUT2D eigenvalue weighted by atomic mass is 10.1. The van der Waals surface area contributed by atoms with Gasteiger partial charge in [0, 0.05) is 43.4 Å². The number of nitrogens with zero attached hydrogens (tertiary/aromatic N) is 2. The van der Waals surface area contributed by atoms with E-state index in [0.29, 0.717) is 5.92 Å². The number of nitrogens with one attached hydrogen (secondary N) is 2. The summed E-state index contributed by atoms with van der Waals surface area (Å²) in [5, 5.41) is 6.85. The highest BCUT2D eigenvalue weighted by molar-refractivity contribution is 14.0. The van der Waals surface area contributed by atoms with Crippen LogP contribution in [0, 0.1) is 5.92 Å². The van der Waals surface area contributed by atoms with E-state index in [4.69, 9.17) is 0 Å². The van der Waals surface area contributed by atoms with Crippen LogP contribution in [0.25, 0.3) is 0 Å². The van der Waals surface area contributed by atoms with E-state index in [1.54, 1.807) is 0 Å². The Labute approximate surface area is 181 Å². The molecule has 1 aliphatic rings. The molecular weight excluding hydrogens is 503 g/mol. The third-order valence-electron chi connectivity index (χ3n) is 4.54. The van der Waals surface area contributed by atoms with Gasteiger partial charge in [-0.15, -0.1) is 24.0 Å². The van der Waals surface area contributed by atoms with Gasteiger partial charge in [-0.2, -0.15) is 0 Å². The Balaban J connectivity index is 0.00000243. The lowest BCUT2D eigenvalue weighted by Gasteiger charge is -2.19. The van der Waals surface area contributed by atoms with Crippen molar-refractivity contribution in [2.24, 2.45) is 10.9 Å². The Hall–Kier alpha value is -1.28. The number of anilines is 1. The second kappa shape index (κ2) is 10.8. The summed E-state index contributed by atoms with van der Waals surface area (Å²) in [6.07, 6.45) is 1.20. The van der Waals surface area contributed by atoms with Gasteiger partial charge >= 0.3 is 0 Å². The van der Waals surface area contributed by atoms with Crippen LogP contribution in [0.5, 0.6) is 0 Å². The molecule has 1 fully saturated rings. The van der Waals surface area contributed by atoms with Crippen molar-refractivity contribution >= 4 is 51.6 Å². The zero-order valence-corrected chi connectivity index (χ0v) is 18.9.